The molecular formula is C31H27F2N3O5. The molecule has 0 bridgehead atoms. The molecule has 0 radical (unpaired) electrons. The van der Waals surface area contributed by atoms with Gasteiger partial charge in [-0.2, -0.15) is 0 Å². The number of nitrogens with zero attached hydrogens (tertiary/aromatic N) is 3. The zero-order valence-electron chi connectivity index (χ0n) is 22.4. The molecule has 0 aliphatic heterocycles. The van der Waals surface area contributed by atoms with Crippen LogP contribution >= 0.6 is 0 Å². The number of aromatic nitrogens is 3. The molecule has 0 unspecified atom stereocenters. The summed E-state index contributed by atoms with van der Waals surface area (Å²) in [4.78, 5) is 20.6. The fourth-order valence-electron chi connectivity index (χ4n) is 4.54. The SMILES string of the molecule is COCCn1c(Cc2ccc(-c3cccc(OCc4ccc(F)cc4OC)n3)cc2F)nc2ccc(C(=O)O)cc21. The maximum absolute atomic E-state index is 15.4. The van der Waals surface area contributed by atoms with E-state index < -0.39 is 17.6 Å². The standard InChI is InChI=1S/C31H27F2N3O5/c1-39-13-12-36-27-15-21(31(37)38)9-11-26(27)34-29(36)16-19-6-7-20(14-24(19)33)25-4-3-5-30(35-25)41-18-22-8-10-23(32)17-28(22)40-2/h3-11,14-15,17H,12-13,16,18H2,1-2H3,(H,37,38). The van der Waals surface area contributed by atoms with Gasteiger partial charge in [0.05, 0.1) is 36.0 Å². The first kappa shape index (κ1) is 27.7. The van der Waals surface area contributed by atoms with Gasteiger partial charge in [-0.25, -0.2) is 23.5 Å². The highest BCUT2D eigenvalue weighted by Crippen LogP contribution is 2.27. The number of methoxy groups -OCH3 is 2. The summed E-state index contributed by atoms with van der Waals surface area (Å²) in [5.41, 5.74) is 3.59. The lowest BCUT2D eigenvalue weighted by molar-refractivity contribution is 0.0697. The summed E-state index contributed by atoms with van der Waals surface area (Å²) < 4.78 is 47.0. The number of halogens is 2. The average molecular weight is 560 g/mol. The molecule has 210 valence electrons. The van der Waals surface area contributed by atoms with Crippen LogP contribution in [0.1, 0.15) is 27.3 Å². The van der Waals surface area contributed by atoms with Crippen molar-refractivity contribution in [3.05, 3.63) is 107 Å². The Kier molecular flexibility index (Phi) is 8.21. The van der Waals surface area contributed by atoms with Gasteiger partial charge >= 0.3 is 5.97 Å². The number of hydrogen-bond donors (Lipinski definition) is 1. The van der Waals surface area contributed by atoms with Crippen LogP contribution in [0.2, 0.25) is 0 Å². The van der Waals surface area contributed by atoms with Crippen molar-refractivity contribution in [1.82, 2.24) is 14.5 Å². The average Bonchev–Trinajstić information content (AvgIpc) is 3.32. The van der Waals surface area contributed by atoms with Crippen molar-refractivity contribution in [2.75, 3.05) is 20.8 Å². The van der Waals surface area contributed by atoms with Crippen LogP contribution in [0.25, 0.3) is 22.3 Å². The quantitative estimate of drug-likeness (QED) is 0.215. The number of imidazole rings is 1. The molecule has 0 aliphatic carbocycles. The van der Waals surface area contributed by atoms with Crippen LogP contribution in [0.15, 0.2) is 72.8 Å². The van der Waals surface area contributed by atoms with Crippen molar-refractivity contribution < 1.29 is 32.9 Å². The molecule has 2 heterocycles. The first-order valence-corrected chi connectivity index (χ1v) is 12.8. The Labute approximate surface area is 234 Å². The van der Waals surface area contributed by atoms with Gasteiger partial charge in [-0.15, -0.1) is 0 Å². The van der Waals surface area contributed by atoms with E-state index in [0.29, 0.717) is 64.0 Å². The van der Waals surface area contributed by atoms with Crippen LogP contribution in [-0.4, -0.2) is 46.4 Å². The van der Waals surface area contributed by atoms with Crippen LogP contribution in [0, 0.1) is 11.6 Å². The molecule has 0 fully saturated rings. The molecule has 0 aliphatic rings. The lowest BCUT2D eigenvalue weighted by Gasteiger charge is -2.12. The summed E-state index contributed by atoms with van der Waals surface area (Å²) >= 11 is 0. The number of hydrogen-bond acceptors (Lipinski definition) is 6. The number of benzene rings is 3. The predicted molar refractivity (Wildman–Crippen MR) is 148 cm³/mol. The fourth-order valence-corrected chi connectivity index (χ4v) is 4.54. The maximum atomic E-state index is 15.4. The van der Waals surface area contributed by atoms with Gasteiger partial charge in [0.1, 0.15) is 29.8 Å². The molecule has 3 aromatic carbocycles. The number of fused-ring (bicyclic) bond motifs is 1. The van der Waals surface area contributed by atoms with Crippen LogP contribution in [0.3, 0.4) is 0 Å². The first-order chi connectivity index (χ1) is 19.9. The highest BCUT2D eigenvalue weighted by atomic mass is 19.1. The Morgan fingerprint density at radius 3 is 2.54 bits per heavy atom. The Morgan fingerprint density at radius 1 is 0.951 bits per heavy atom. The third-order valence-corrected chi connectivity index (χ3v) is 6.64. The van der Waals surface area contributed by atoms with Crippen molar-refractivity contribution in [2.24, 2.45) is 0 Å². The van der Waals surface area contributed by atoms with E-state index in [1.165, 1.54) is 31.4 Å². The van der Waals surface area contributed by atoms with Crippen molar-refractivity contribution in [3.63, 3.8) is 0 Å². The third kappa shape index (κ3) is 6.17. The lowest BCUT2D eigenvalue weighted by Crippen LogP contribution is -2.10. The number of pyridine rings is 1. The zero-order chi connectivity index (χ0) is 28.9. The molecule has 1 N–H and O–H groups in total. The normalized spacial score (nSPS) is 11.1. The summed E-state index contributed by atoms with van der Waals surface area (Å²) in [6, 6.07) is 19.0. The van der Waals surface area contributed by atoms with E-state index >= 15 is 4.39 Å². The van der Waals surface area contributed by atoms with Gasteiger partial charge in [0.15, 0.2) is 0 Å². The molecule has 0 spiro atoms. The monoisotopic (exact) mass is 559 g/mol. The second kappa shape index (κ2) is 12.1. The summed E-state index contributed by atoms with van der Waals surface area (Å²) in [6.45, 7) is 0.937. The Bertz CT molecular complexity index is 1720. The molecule has 2 aromatic heterocycles. The van der Waals surface area contributed by atoms with Gasteiger partial charge in [-0.1, -0.05) is 18.2 Å². The van der Waals surface area contributed by atoms with Crippen LogP contribution < -0.4 is 9.47 Å². The second-order valence-electron chi connectivity index (χ2n) is 9.27. The highest BCUT2D eigenvalue weighted by Gasteiger charge is 2.16. The Morgan fingerprint density at radius 2 is 1.78 bits per heavy atom. The van der Waals surface area contributed by atoms with Gasteiger partial charge in [-0.3, -0.25) is 0 Å². The van der Waals surface area contributed by atoms with Gasteiger partial charge in [0, 0.05) is 43.3 Å². The van der Waals surface area contributed by atoms with E-state index in [2.05, 4.69) is 9.97 Å². The Balaban J connectivity index is 1.37. The van der Waals surface area contributed by atoms with Crippen LogP contribution in [0.5, 0.6) is 11.6 Å². The first-order valence-electron chi connectivity index (χ1n) is 12.8. The van der Waals surface area contributed by atoms with E-state index in [0.717, 1.165) is 0 Å². The van der Waals surface area contributed by atoms with Gasteiger partial charge in [-0.05, 0) is 48.0 Å². The highest BCUT2D eigenvalue weighted by molar-refractivity contribution is 5.92. The molecule has 0 saturated heterocycles. The van der Waals surface area contributed by atoms with Crippen molar-refractivity contribution in [2.45, 2.75) is 19.6 Å². The number of carboxylic acids is 1. The van der Waals surface area contributed by atoms with Gasteiger partial charge in [0.25, 0.3) is 0 Å². The number of aromatic carboxylic acids is 1. The minimum Gasteiger partial charge on any atom is -0.496 e. The smallest absolute Gasteiger partial charge is 0.335 e. The number of carboxylic acid groups (broad SMARTS) is 1. The number of carbonyl (C=O) groups is 1. The van der Waals surface area contributed by atoms with Gasteiger partial charge < -0.3 is 23.9 Å². The summed E-state index contributed by atoms with van der Waals surface area (Å²) in [6.07, 6.45) is 0.197. The zero-order valence-corrected chi connectivity index (χ0v) is 22.4. The van der Waals surface area contributed by atoms with E-state index in [4.69, 9.17) is 14.2 Å². The summed E-state index contributed by atoms with van der Waals surface area (Å²) in [7, 11) is 3.04. The molecule has 0 atom stereocenters. The molecule has 0 saturated carbocycles. The summed E-state index contributed by atoms with van der Waals surface area (Å²) in [5, 5.41) is 9.40. The molecule has 41 heavy (non-hydrogen) atoms. The third-order valence-electron chi connectivity index (χ3n) is 6.64. The number of rotatable bonds is 11. The lowest BCUT2D eigenvalue weighted by atomic mass is 10.1. The molecule has 8 nitrogen and oxygen atoms in total. The van der Waals surface area contributed by atoms with Crippen molar-refractivity contribution in [1.29, 1.82) is 0 Å². The number of ether oxygens (including phenoxy) is 3. The van der Waals surface area contributed by atoms with Gasteiger partial charge in [0.2, 0.25) is 5.88 Å². The maximum Gasteiger partial charge on any atom is 0.335 e. The minimum absolute atomic E-state index is 0.116. The van der Waals surface area contributed by atoms with E-state index in [1.54, 1.807) is 55.6 Å². The van der Waals surface area contributed by atoms with Crippen LogP contribution in [-0.2, 0) is 24.3 Å². The molecule has 10 heteroatoms. The molecule has 5 rings (SSSR count). The van der Waals surface area contributed by atoms with E-state index in [1.807, 2.05) is 4.57 Å². The van der Waals surface area contributed by atoms with Crippen molar-refractivity contribution >= 4 is 17.0 Å². The Hall–Kier alpha value is -4.83. The summed E-state index contributed by atoms with van der Waals surface area (Å²) in [5.74, 6) is -0.578. The second-order valence-corrected chi connectivity index (χ2v) is 9.27. The largest absolute Gasteiger partial charge is 0.496 e. The molecule has 5 aromatic rings. The molecule has 0 amide bonds. The minimum atomic E-state index is -1.03. The topological polar surface area (TPSA) is 95.7 Å². The fraction of sp³-hybridized carbons (Fsp3) is 0.194. The molecular weight excluding hydrogens is 532 g/mol. The predicted octanol–water partition coefficient (Wildman–Crippen LogP) is 5.90. The van der Waals surface area contributed by atoms with Crippen molar-refractivity contribution in [3.8, 4) is 22.9 Å². The van der Waals surface area contributed by atoms with E-state index in [9.17, 15) is 14.3 Å². The van der Waals surface area contributed by atoms with E-state index in [-0.39, 0.29) is 18.6 Å². The van der Waals surface area contributed by atoms with Crippen LogP contribution in [0.4, 0.5) is 8.78 Å².